The molecule has 0 spiro atoms. The van der Waals surface area contributed by atoms with E-state index in [4.69, 9.17) is 11.6 Å². The van der Waals surface area contributed by atoms with Gasteiger partial charge in [-0.3, -0.25) is 13.9 Å². The number of aliphatic hydroxyl groups excluding tert-OH is 1. The Hall–Kier alpha value is -3.23. The molecule has 0 saturated heterocycles. The van der Waals surface area contributed by atoms with E-state index >= 15 is 0 Å². The highest BCUT2D eigenvalue weighted by molar-refractivity contribution is 7.93. The molecule has 38 heavy (non-hydrogen) atoms. The molecule has 1 aromatic carbocycles. The Labute approximate surface area is 220 Å². The summed E-state index contributed by atoms with van der Waals surface area (Å²) in [4.78, 5) is 27.6. The van der Waals surface area contributed by atoms with Crippen LogP contribution in [0.15, 0.2) is 57.8 Å². The van der Waals surface area contributed by atoms with Crippen molar-refractivity contribution in [3.63, 3.8) is 0 Å². The number of sulfone groups is 1. The highest BCUT2D eigenvalue weighted by Crippen LogP contribution is 2.37. The fourth-order valence-corrected chi connectivity index (χ4v) is 6.31. The van der Waals surface area contributed by atoms with Gasteiger partial charge in [-0.25, -0.2) is 13.2 Å². The second kappa shape index (κ2) is 10.5. The van der Waals surface area contributed by atoms with Crippen LogP contribution >= 0.6 is 11.6 Å². The normalized spacial score (nSPS) is 19.2. The molecule has 1 aliphatic carbocycles. The molecule has 2 atom stereocenters. The highest BCUT2D eigenvalue weighted by atomic mass is 35.5. The monoisotopic (exact) mass is 576 g/mol. The van der Waals surface area contributed by atoms with Gasteiger partial charge in [-0.2, -0.15) is 0 Å². The summed E-state index contributed by atoms with van der Waals surface area (Å²) in [5, 5.41) is 11.0. The molecule has 2 heterocycles. The Bertz CT molecular complexity index is 1500. The molecule has 2 aromatic rings. The predicted octanol–water partition coefficient (Wildman–Crippen LogP) is 2.46. The number of rotatable bonds is 8. The third-order valence-corrected chi connectivity index (χ3v) is 8.55. The number of fused-ring (bicyclic) bond motifs is 1. The van der Waals surface area contributed by atoms with Crippen LogP contribution in [0.1, 0.15) is 18.4 Å². The number of hydrogen-bond acceptors (Lipinski definition) is 8. The molecule has 4 rings (SSSR count). The number of halogens is 4. The van der Waals surface area contributed by atoms with Crippen LogP contribution in [-0.4, -0.2) is 46.4 Å². The van der Waals surface area contributed by atoms with Crippen molar-refractivity contribution >= 4 is 32.9 Å². The molecule has 0 amide bonds. The third-order valence-electron chi connectivity index (χ3n) is 6.13. The largest absolute Gasteiger partial charge is 0.573 e. The number of ether oxygens (including phenoxy) is 1. The van der Waals surface area contributed by atoms with Gasteiger partial charge in [0.1, 0.15) is 17.3 Å². The van der Waals surface area contributed by atoms with Crippen LogP contribution in [0.5, 0.6) is 0 Å². The Morgan fingerprint density at radius 2 is 1.89 bits per heavy atom. The van der Waals surface area contributed by atoms with Crippen LogP contribution in [0.25, 0.3) is 0 Å². The van der Waals surface area contributed by atoms with E-state index in [-0.39, 0.29) is 44.0 Å². The van der Waals surface area contributed by atoms with E-state index < -0.39 is 44.0 Å². The average Bonchev–Trinajstić information content (AvgIpc) is 3.23. The van der Waals surface area contributed by atoms with Crippen LogP contribution in [0.3, 0.4) is 0 Å². The first-order valence-electron chi connectivity index (χ1n) is 11.4. The lowest BCUT2D eigenvalue weighted by atomic mass is 10.2. The first kappa shape index (κ1) is 27.8. The fraction of sp³-hybridized carbons (Fsp3) is 0.391. The maximum absolute atomic E-state index is 13.8. The summed E-state index contributed by atoms with van der Waals surface area (Å²) in [6.07, 6.45) is -1.87. The summed E-state index contributed by atoms with van der Waals surface area (Å²) in [6.45, 7) is -0.483. The summed E-state index contributed by atoms with van der Waals surface area (Å²) in [7, 11) is -3.00. The van der Waals surface area contributed by atoms with E-state index in [0.717, 1.165) is 21.3 Å². The van der Waals surface area contributed by atoms with Gasteiger partial charge in [0.2, 0.25) is 5.50 Å². The number of nitrogens with one attached hydrogen (secondary N) is 1. The van der Waals surface area contributed by atoms with Gasteiger partial charge in [0, 0.05) is 31.8 Å². The lowest BCUT2D eigenvalue weighted by Crippen LogP contribution is -2.47. The van der Waals surface area contributed by atoms with Gasteiger partial charge in [-0.1, -0.05) is 29.8 Å². The van der Waals surface area contributed by atoms with Crippen LogP contribution in [0.2, 0.25) is 5.02 Å². The number of benzene rings is 1. The Morgan fingerprint density at radius 3 is 2.53 bits per heavy atom. The fourth-order valence-electron chi connectivity index (χ4n) is 4.34. The van der Waals surface area contributed by atoms with E-state index in [0.29, 0.717) is 10.6 Å². The molecule has 10 nitrogen and oxygen atoms in total. The van der Waals surface area contributed by atoms with Crippen molar-refractivity contribution in [2.45, 2.75) is 43.0 Å². The SMILES string of the molecule is Cn1c2c(c(=O)n(CCCO)c1=O)N(Cc1ccc(Cl)cc1)C(S(=O)(=O)C1C=C(OC(F)(F)F)C=CC1)N2. The zero-order valence-electron chi connectivity index (χ0n) is 20.0. The minimum atomic E-state index is -5.01. The predicted molar refractivity (Wildman–Crippen MR) is 134 cm³/mol. The molecular formula is C23H24ClF3N4O6S. The number of alkyl halides is 3. The van der Waals surface area contributed by atoms with E-state index in [2.05, 4.69) is 10.1 Å². The Morgan fingerprint density at radius 1 is 1.21 bits per heavy atom. The van der Waals surface area contributed by atoms with Gasteiger partial charge in [0.25, 0.3) is 5.56 Å². The number of nitrogens with zero attached hydrogens (tertiary/aromatic N) is 3. The maximum atomic E-state index is 13.8. The van der Waals surface area contributed by atoms with Crippen LogP contribution in [0, 0.1) is 0 Å². The van der Waals surface area contributed by atoms with Gasteiger partial charge >= 0.3 is 12.1 Å². The Kier molecular flexibility index (Phi) is 7.68. The van der Waals surface area contributed by atoms with Gasteiger partial charge in [-0.15, -0.1) is 13.2 Å². The van der Waals surface area contributed by atoms with E-state index in [1.807, 2.05) is 0 Å². The first-order chi connectivity index (χ1) is 17.8. The van der Waals surface area contributed by atoms with E-state index in [1.165, 1.54) is 18.0 Å². The van der Waals surface area contributed by atoms with Crippen LogP contribution < -0.4 is 21.5 Å². The van der Waals surface area contributed by atoms with Gasteiger partial charge < -0.3 is 20.1 Å². The molecule has 0 fully saturated rings. The molecule has 1 aromatic heterocycles. The van der Waals surface area contributed by atoms with E-state index in [1.54, 1.807) is 24.3 Å². The lowest BCUT2D eigenvalue weighted by Gasteiger charge is -2.29. The number of anilines is 2. The molecular weight excluding hydrogens is 553 g/mol. The van der Waals surface area contributed by atoms with Crippen molar-refractivity contribution in [3.8, 4) is 0 Å². The molecule has 15 heteroatoms. The van der Waals surface area contributed by atoms with Crippen LogP contribution in [0.4, 0.5) is 24.7 Å². The summed E-state index contributed by atoms with van der Waals surface area (Å²) >= 11 is 5.97. The molecule has 0 saturated carbocycles. The minimum Gasteiger partial charge on any atom is -0.406 e. The van der Waals surface area contributed by atoms with Gasteiger partial charge in [0.15, 0.2) is 9.84 Å². The second-order valence-corrected chi connectivity index (χ2v) is 11.4. The minimum absolute atomic E-state index is 0.0510. The number of aliphatic hydroxyl groups is 1. The summed E-state index contributed by atoms with van der Waals surface area (Å²) in [5.74, 6) is -0.722. The smallest absolute Gasteiger partial charge is 0.406 e. The van der Waals surface area contributed by atoms with Crippen molar-refractivity contribution < 1.29 is 31.4 Å². The molecule has 0 bridgehead atoms. The van der Waals surface area contributed by atoms with E-state index in [9.17, 15) is 36.3 Å². The lowest BCUT2D eigenvalue weighted by molar-refractivity contribution is -0.303. The molecule has 2 N–H and O–H groups in total. The number of allylic oxidation sites excluding steroid dienone is 2. The molecule has 0 radical (unpaired) electrons. The molecule has 206 valence electrons. The third kappa shape index (κ3) is 5.47. The van der Waals surface area contributed by atoms with Crippen molar-refractivity contribution in [3.05, 3.63) is 79.7 Å². The summed E-state index contributed by atoms with van der Waals surface area (Å²) < 4.78 is 71.8. The average molecular weight is 577 g/mol. The standard InChI is InChI=1S/C23H24ClF3N4O6S/c1-29-19-18(20(33)30(22(29)34)10-3-11-32)31(13-14-6-8-15(24)9-7-14)21(28-19)38(35,36)17-5-2-4-16(12-17)37-23(25,26)27/h2,4,6-9,12,17,21,28,32H,3,5,10-11,13H2,1H3. The maximum Gasteiger partial charge on any atom is 0.573 e. The molecule has 2 aliphatic rings. The van der Waals surface area contributed by atoms with Crippen molar-refractivity contribution in [2.75, 3.05) is 16.8 Å². The van der Waals surface area contributed by atoms with Crippen molar-refractivity contribution in [1.82, 2.24) is 9.13 Å². The molecule has 1 aliphatic heterocycles. The second-order valence-electron chi connectivity index (χ2n) is 8.71. The summed E-state index contributed by atoms with van der Waals surface area (Å²) in [6, 6.07) is 6.44. The Balaban J connectivity index is 1.82. The van der Waals surface area contributed by atoms with Crippen LogP contribution in [-0.2, 0) is 34.7 Å². The molecule has 2 unspecified atom stereocenters. The van der Waals surface area contributed by atoms with Crippen molar-refractivity contribution in [1.29, 1.82) is 0 Å². The first-order valence-corrected chi connectivity index (χ1v) is 13.4. The zero-order valence-corrected chi connectivity index (χ0v) is 21.6. The topological polar surface area (TPSA) is 123 Å². The highest BCUT2D eigenvalue weighted by Gasteiger charge is 2.45. The number of aromatic nitrogens is 2. The quantitative estimate of drug-likeness (QED) is 0.491. The zero-order chi connectivity index (χ0) is 27.8. The summed E-state index contributed by atoms with van der Waals surface area (Å²) in [5.41, 5.74) is -2.60. The number of hydrogen-bond donors (Lipinski definition) is 2. The van der Waals surface area contributed by atoms with Gasteiger partial charge in [-0.05, 0) is 42.7 Å². The van der Waals surface area contributed by atoms with Crippen molar-refractivity contribution in [2.24, 2.45) is 7.05 Å². The van der Waals surface area contributed by atoms with Gasteiger partial charge in [0.05, 0.1) is 5.25 Å².